The Balaban J connectivity index is 1.57. The quantitative estimate of drug-likeness (QED) is 0.404. The van der Waals surface area contributed by atoms with Crippen LogP contribution in [0, 0.1) is 6.92 Å². The fourth-order valence-corrected chi connectivity index (χ4v) is 3.73. The fraction of sp³-hybridized carbons (Fsp3) is 0.125. The molecule has 0 radical (unpaired) electrons. The molecule has 5 N–H and O–H groups in total. The van der Waals surface area contributed by atoms with Crippen LogP contribution in [-0.4, -0.2) is 26.8 Å². The maximum absolute atomic E-state index is 12.7. The van der Waals surface area contributed by atoms with Gasteiger partial charge in [-0.25, -0.2) is 4.98 Å². The number of benzene rings is 1. The predicted molar refractivity (Wildman–Crippen MR) is 127 cm³/mol. The summed E-state index contributed by atoms with van der Waals surface area (Å²) in [7, 11) is 0. The SMILES string of the molecule is Cc1nc(N)ccc1CNC(=O)c1ccnc(Cc2cc(C(N)=O)cc3cc(Cl)cnc23)c1. The first-order chi connectivity index (χ1) is 15.8. The van der Waals surface area contributed by atoms with E-state index in [1.807, 2.05) is 13.0 Å². The Labute approximate surface area is 195 Å². The van der Waals surface area contributed by atoms with Crippen LogP contribution in [0.25, 0.3) is 10.9 Å². The van der Waals surface area contributed by atoms with Gasteiger partial charge in [0.15, 0.2) is 0 Å². The van der Waals surface area contributed by atoms with Crippen molar-refractivity contribution in [1.29, 1.82) is 0 Å². The number of carbonyl (C=O) groups excluding carboxylic acids is 2. The number of aryl methyl sites for hydroxylation is 1. The molecule has 3 aromatic heterocycles. The molecule has 166 valence electrons. The lowest BCUT2D eigenvalue weighted by atomic mass is 10.00. The summed E-state index contributed by atoms with van der Waals surface area (Å²) in [6.45, 7) is 2.17. The van der Waals surface area contributed by atoms with E-state index in [9.17, 15) is 9.59 Å². The van der Waals surface area contributed by atoms with Crippen molar-refractivity contribution in [3.8, 4) is 0 Å². The zero-order valence-corrected chi connectivity index (χ0v) is 18.6. The Morgan fingerprint density at radius 2 is 1.85 bits per heavy atom. The van der Waals surface area contributed by atoms with E-state index in [2.05, 4.69) is 20.3 Å². The highest BCUT2D eigenvalue weighted by Crippen LogP contribution is 2.24. The number of pyridine rings is 3. The molecule has 3 heterocycles. The third-order valence-electron chi connectivity index (χ3n) is 5.22. The van der Waals surface area contributed by atoms with Gasteiger partial charge in [-0.1, -0.05) is 17.7 Å². The molecule has 0 unspecified atom stereocenters. The zero-order chi connectivity index (χ0) is 23.5. The first kappa shape index (κ1) is 22.2. The monoisotopic (exact) mass is 460 g/mol. The summed E-state index contributed by atoms with van der Waals surface area (Å²) in [5.41, 5.74) is 15.7. The molecule has 8 nitrogen and oxygen atoms in total. The molecule has 0 saturated heterocycles. The number of amides is 2. The molecule has 0 saturated carbocycles. The topological polar surface area (TPSA) is 137 Å². The number of nitrogens with zero attached hydrogens (tertiary/aromatic N) is 3. The second-order valence-corrected chi connectivity index (χ2v) is 8.04. The Hall–Kier alpha value is -4.04. The van der Waals surface area contributed by atoms with Crippen LogP contribution in [0.1, 0.15) is 43.2 Å². The van der Waals surface area contributed by atoms with Gasteiger partial charge in [0.1, 0.15) is 5.82 Å². The summed E-state index contributed by atoms with van der Waals surface area (Å²) < 4.78 is 0. The van der Waals surface area contributed by atoms with Gasteiger partial charge in [-0.3, -0.25) is 19.6 Å². The molecule has 0 aliphatic rings. The first-order valence-corrected chi connectivity index (χ1v) is 10.5. The summed E-state index contributed by atoms with van der Waals surface area (Å²) >= 11 is 6.06. The Morgan fingerprint density at radius 3 is 2.61 bits per heavy atom. The van der Waals surface area contributed by atoms with Gasteiger partial charge in [-0.15, -0.1) is 0 Å². The molecule has 33 heavy (non-hydrogen) atoms. The summed E-state index contributed by atoms with van der Waals surface area (Å²) in [5.74, 6) is -0.353. The Bertz CT molecular complexity index is 1390. The number of nitrogens with two attached hydrogens (primary N) is 2. The van der Waals surface area contributed by atoms with Crippen LogP contribution in [0.3, 0.4) is 0 Å². The van der Waals surface area contributed by atoms with Crippen LogP contribution in [0.15, 0.2) is 54.9 Å². The average Bonchev–Trinajstić information content (AvgIpc) is 2.78. The van der Waals surface area contributed by atoms with Crippen molar-refractivity contribution in [3.63, 3.8) is 0 Å². The van der Waals surface area contributed by atoms with E-state index in [1.165, 1.54) is 0 Å². The van der Waals surface area contributed by atoms with Crippen LogP contribution < -0.4 is 16.8 Å². The van der Waals surface area contributed by atoms with E-state index in [-0.39, 0.29) is 5.91 Å². The standard InChI is InChI=1S/C24H21ClN6O2/c1-13-15(2-3-21(26)31-13)11-30-24(33)14-4-5-28-20(9-14)10-17-7-18(23(27)32)6-16-8-19(25)12-29-22(16)17/h2-9,12H,10-11H2,1H3,(H2,26,31)(H2,27,32)(H,30,33). The van der Waals surface area contributed by atoms with Gasteiger partial charge in [0, 0.05) is 53.3 Å². The molecule has 0 fully saturated rings. The molecule has 4 rings (SSSR count). The second-order valence-electron chi connectivity index (χ2n) is 7.60. The number of fused-ring (bicyclic) bond motifs is 1. The number of nitrogen functional groups attached to an aromatic ring is 1. The van der Waals surface area contributed by atoms with Crippen molar-refractivity contribution >= 4 is 40.1 Å². The molecule has 0 aliphatic heterocycles. The van der Waals surface area contributed by atoms with Gasteiger partial charge < -0.3 is 16.8 Å². The highest BCUT2D eigenvalue weighted by Gasteiger charge is 2.13. The molecular weight excluding hydrogens is 440 g/mol. The minimum Gasteiger partial charge on any atom is -0.384 e. The average molecular weight is 461 g/mol. The molecule has 9 heteroatoms. The summed E-state index contributed by atoms with van der Waals surface area (Å²) in [4.78, 5) is 37.5. The lowest BCUT2D eigenvalue weighted by Crippen LogP contribution is -2.23. The van der Waals surface area contributed by atoms with Crippen molar-refractivity contribution in [2.75, 3.05) is 5.73 Å². The first-order valence-electron chi connectivity index (χ1n) is 10.1. The lowest BCUT2D eigenvalue weighted by molar-refractivity contribution is 0.0949. The van der Waals surface area contributed by atoms with Crippen molar-refractivity contribution in [2.24, 2.45) is 5.73 Å². The largest absolute Gasteiger partial charge is 0.384 e. The number of hydrogen-bond donors (Lipinski definition) is 3. The van der Waals surface area contributed by atoms with Crippen LogP contribution in [0.5, 0.6) is 0 Å². The van der Waals surface area contributed by atoms with Crippen molar-refractivity contribution < 1.29 is 9.59 Å². The number of halogens is 1. The number of aromatic nitrogens is 3. The number of hydrogen-bond acceptors (Lipinski definition) is 6. The molecule has 0 aliphatic carbocycles. The molecule has 0 bridgehead atoms. The van der Waals surface area contributed by atoms with Gasteiger partial charge >= 0.3 is 0 Å². The van der Waals surface area contributed by atoms with Gasteiger partial charge in [-0.05, 0) is 54.4 Å². The molecule has 2 amide bonds. The van der Waals surface area contributed by atoms with E-state index < -0.39 is 5.91 Å². The third kappa shape index (κ3) is 5.07. The smallest absolute Gasteiger partial charge is 0.251 e. The molecular formula is C24H21ClN6O2. The second kappa shape index (κ2) is 9.22. The summed E-state index contributed by atoms with van der Waals surface area (Å²) in [6, 6.07) is 12.0. The van der Waals surface area contributed by atoms with E-state index >= 15 is 0 Å². The van der Waals surface area contributed by atoms with Crippen molar-refractivity contribution in [1.82, 2.24) is 20.3 Å². The number of anilines is 1. The van der Waals surface area contributed by atoms with E-state index in [4.69, 9.17) is 23.1 Å². The van der Waals surface area contributed by atoms with Gasteiger partial charge in [0.2, 0.25) is 5.91 Å². The van der Waals surface area contributed by atoms with Crippen LogP contribution >= 0.6 is 11.6 Å². The molecule has 1 aromatic carbocycles. The molecule has 0 spiro atoms. The Morgan fingerprint density at radius 1 is 1.03 bits per heavy atom. The van der Waals surface area contributed by atoms with Crippen LogP contribution in [-0.2, 0) is 13.0 Å². The normalized spacial score (nSPS) is 10.8. The number of carbonyl (C=O) groups is 2. The van der Waals surface area contributed by atoms with Gasteiger partial charge in [-0.2, -0.15) is 0 Å². The molecule has 0 atom stereocenters. The fourth-order valence-electron chi connectivity index (χ4n) is 3.56. The van der Waals surface area contributed by atoms with E-state index in [0.29, 0.717) is 51.5 Å². The van der Waals surface area contributed by atoms with E-state index in [1.54, 1.807) is 48.8 Å². The maximum Gasteiger partial charge on any atom is 0.251 e. The number of primary amides is 1. The zero-order valence-electron chi connectivity index (χ0n) is 17.8. The van der Waals surface area contributed by atoms with Gasteiger partial charge in [0.05, 0.1) is 10.5 Å². The van der Waals surface area contributed by atoms with Crippen molar-refractivity contribution in [3.05, 3.63) is 93.5 Å². The van der Waals surface area contributed by atoms with Gasteiger partial charge in [0.25, 0.3) is 5.91 Å². The van der Waals surface area contributed by atoms with E-state index in [0.717, 1.165) is 16.8 Å². The minimum absolute atomic E-state index is 0.240. The Kier molecular flexibility index (Phi) is 6.19. The van der Waals surface area contributed by atoms with Crippen molar-refractivity contribution in [2.45, 2.75) is 19.9 Å². The highest BCUT2D eigenvalue weighted by atomic mass is 35.5. The predicted octanol–water partition coefficient (Wildman–Crippen LogP) is 3.19. The van der Waals surface area contributed by atoms with Crippen LogP contribution in [0.2, 0.25) is 5.02 Å². The minimum atomic E-state index is -0.549. The number of nitrogens with one attached hydrogen (secondary N) is 1. The van der Waals surface area contributed by atoms with Crippen LogP contribution in [0.4, 0.5) is 5.82 Å². The summed E-state index contributed by atoms with van der Waals surface area (Å²) in [5, 5.41) is 4.05. The summed E-state index contributed by atoms with van der Waals surface area (Å²) in [6.07, 6.45) is 3.47. The highest BCUT2D eigenvalue weighted by molar-refractivity contribution is 6.31. The maximum atomic E-state index is 12.7. The molecule has 4 aromatic rings. The third-order valence-corrected chi connectivity index (χ3v) is 5.43. The number of rotatable bonds is 6. The lowest BCUT2D eigenvalue weighted by Gasteiger charge is -2.10.